The number of ether oxygens (including phenoxy) is 1. The maximum Gasteiger partial charge on any atom is 0.169 e. The van der Waals surface area contributed by atoms with Crippen molar-refractivity contribution in [1.29, 1.82) is 5.41 Å². The van der Waals surface area contributed by atoms with Crippen molar-refractivity contribution in [1.82, 2.24) is 4.98 Å². The molecule has 1 aromatic heterocycles. The molecule has 0 spiro atoms. The summed E-state index contributed by atoms with van der Waals surface area (Å²) in [5.41, 5.74) is 2.30. The van der Waals surface area contributed by atoms with Gasteiger partial charge >= 0.3 is 0 Å². The lowest BCUT2D eigenvalue weighted by Crippen LogP contribution is -2.13. The average molecular weight is 433 g/mol. The second-order valence-electron chi connectivity index (χ2n) is 7.23. The molecule has 0 atom stereocenters. The van der Waals surface area contributed by atoms with Gasteiger partial charge in [-0.25, -0.2) is 9.98 Å². The molecule has 3 N–H and O–H groups in total. The van der Waals surface area contributed by atoms with Gasteiger partial charge in [-0.2, -0.15) is 0 Å². The van der Waals surface area contributed by atoms with E-state index in [9.17, 15) is 4.79 Å². The van der Waals surface area contributed by atoms with E-state index in [-0.39, 0.29) is 17.5 Å². The molecule has 0 saturated heterocycles. The number of carbonyl (C=O) groups is 1. The summed E-state index contributed by atoms with van der Waals surface area (Å²) in [5, 5.41) is 14.7. The molecule has 2 aromatic rings. The van der Waals surface area contributed by atoms with Crippen LogP contribution in [0.4, 0.5) is 17.2 Å². The number of benzene rings is 1. The topological polar surface area (TPSA) is 112 Å². The molecule has 32 heavy (non-hydrogen) atoms. The molecule has 1 aliphatic rings. The molecule has 1 heterocycles. The highest BCUT2D eigenvalue weighted by molar-refractivity contribution is 6.07. The minimum atomic E-state index is 0.0484. The van der Waals surface area contributed by atoms with Crippen LogP contribution in [0.15, 0.2) is 52.6 Å². The molecule has 0 unspecified atom stereocenters. The third-order valence-corrected chi connectivity index (χ3v) is 4.94. The van der Waals surface area contributed by atoms with Crippen LogP contribution in [0, 0.1) is 11.3 Å². The van der Waals surface area contributed by atoms with Crippen LogP contribution in [0.5, 0.6) is 5.75 Å². The first kappa shape index (κ1) is 22.9. The van der Waals surface area contributed by atoms with Gasteiger partial charge in [0.25, 0.3) is 0 Å². The fraction of sp³-hybridized carbons (Fsp3) is 0.292. The lowest BCUT2D eigenvalue weighted by molar-refractivity contribution is 0.0968. The van der Waals surface area contributed by atoms with Crippen LogP contribution < -0.4 is 15.4 Å². The Balaban J connectivity index is 2.03. The second kappa shape index (κ2) is 10.5. The molecule has 0 aliphatic heterocycles. The van der Waals surface area contributed by atoms with E-state index in [1.54, 1.807) is 45.6 Å². The predicted octanol–water partition coefficient (Wildman–Crippen LogP) is 4.86. The Hall–Kier alpha value is -3.81. The van der Waals surface area contributed by atoms with Crippen LogP contribution in [0.1, 0.15) is 42.6 Å². The number of Topliss-reactive ketones (excluding diaryl/α,β-unsaturated/α-hetero) is 1. The van der Waals surface area contributed by atoms with E-state index in [1.165, 1.54) is 0 Å². The first-order valence-electron chi connectivity index (χ1n) is 10.4. The van der Waals surface area contributed by atoms with Crippen molar-refractivity contribution in [3.63, 3.8) is 0 Å². The van der Waals surface area contributed by atoms with Gasteiger partial charge in [0.1, 0.15) is 11.7 Å². The molecule has 0 radical (unpaired) electrons. The lowest BCUT2D eigenvalue weighted by atomic mass is 10.1. The normalized spacial score (nSPS) is 14.1. The minimum Gasteiger partial charge on any atom is -0.494 e. The summed E-state index contributed by atoms with van der Waals surface area (Å²) >= 11 is 0. The molecule has 1 fully saturated rings. The summed E-state index contributed by atoms with van der Waals surface area (Å²) in [4.78, 5) is 25.6. The van der Waals surface area contributed by atoms with Crippen LogP contribution in [0.2, 0.25) is 0 Å². The van der Waals surface area contributed by atoms with E-state index < -0.39 is 0 Å². The molecular weight excluding hydrogens is 404 g/mol. The Kier molecular flexibility index (Phi) is 7.49. The highest BCUT2D eigenvalue weighted by Gasteiger charge is 2.32. The van der Waals surface area contributed by atoms with Crippen LogP contribution in [-0.2, 0) is 0 Å². The summed E-state index contributed by atoms with van der Waals surface area (Å²) in [6.45, 7) is 3.66. The first-order chi connectivity index (χ1) is 15.5. The fourth-order valence-corrected chi connectivity index (χ4v) is 3.24. The van der Waals surface area contributed by atoms with Gasteiger partial charge in [-0.05, 0) is 44.9 Å². The zero-order valence-electron chi connectivity index (χ0n) is 18.8. The van der Waals surface area contributed by atoms with Crippen LogP contribution >= 0.6 is 0 Å². The van der Waals surface area contributed by atoms with Crippen molar-refractivity contribution in [2.24, 2.45) is 15.9 Å². The second-order valence-corrected chi connectivity index (χ2v) is 7.23. The molecule has 8 nitrogen and oxygen atoms in total. The Labute approximate surface area is 188 Å². The minimum absolute atomic E-state index is 0.0484. The van der Waals surface area contributed by atoms with Gasteiger partial charge in [0.05, 0.1) is 29.6 Å². The summed E-state index contributed by atoms with van der Waals surface area (Å²) in [6.07, 6.45) is 8.67. The van der Waals surface area contributed by atoms with Crippen molar-refractivity contribution in [3.8, 4) is 5.75 Å². The standard InChI is InChI=1S/C24H28N6O2/c1-5-8-20(26-3)30-21-13-19(17(14-28-21)22(31)15-11-12-15)29-18-10-7-9-16(23(18)32-4)24(25)27-6-2/h5-10,13-15,25H,11-12H2,1-4H3,(H2,26,28,29,30)/b8-5-,25-24?,27-6?. The average Bonchev–Trinajstić information content (AvgIpc) is 3.64. The van der Waals surface area contributed by atoms with Gasteiger partial charge in [0.2, 0.25) is 0 Å². The van der Waals surface area contributed by atoms with E-state index in [0.29, 0.717) is 39.9 Å². The molecule has 1 aromatic carbocycles. The van der Waals surface area contributed by atoms with Gasteiger partial charge in [-0.1, -0.05) is 12.1 Å². The maximum absolute atomic E-state index is 12.9. The molecule has 0 bridgehead atoms. The Morgan fingerprint density at radius 3 is 2.66 bits per heavy atom. The van der Waals surface area contributed by atoms with Crippen molar-refractivity contribution in [2.75, 3.05) is 24.8 Å². The number of rotatable bonds is 8. The summed E-state index contributed by atoms with van der Waals surface area (Å²) in [5.74, 6) is 1.89. The number of para-hydroxylation sites is 1. The number of ketones is 1. The largest absolute Gasteiger partial charge is 0.494 e. The summed E-state index contributed by atoms with van der Waals surface area (Å²) in [6, 6.07) is 7.21. The number of hydrogen-bond acceptors (Lipinski definition) is 6. The third-order valence-electron chi connectivity index (χ3n) is 4.94. The quantitative estimate of drug-likeness (QED) is 0.313. The number of carbonyl (C=O) groups excluding carboxylic acids is 1. The Bertz CT molecular complexity index is 1100. The van der Waals surface area contributed by atoms with E-state index >= 15 is 0 Å². The number of amidine groups is 2. The van der Waals surface area contributed by atoms with E-state index in [4.69, 9.17) is 10.1 Å². The number of aromatic nitrogens is 1. The van der Waals surface area contributed by atoms with Gasteiger partial charge in [-0.15, -0.1) is 0 Å². The van der Waals surface area contributed by atoms with E-state index in [1.807, 2.05) is 31.2 Å². The zero-order chi connectivity index (χ0) is 23.1. The number of allylic oxidation sites excluding steroid dienone is 1. The number of aliphatic imine (C=N–C) groups is 2. The van der Waals surface area contributed by atoms with Gasteiger partial charge in [-0.3, -0.25) is 15.2 Å². The summed E-state index contributed by atoms with van der Waals surface area (Å²) < 4.78 is 5.60. The van der Waals surface area contributed by atoms with E-state index in [2.05, 4.69) is 25.6 Å². The molecule has 3 rings (SSSR count). The highest BCUT2D eigenvalue weighted by atomic mass is 16.5. The first-order valence-corrected chi connectivity index (χ1v) is 10.4. The smallest absolute Gasteiger partial charge is 0.169 e. The lowest BCUT2D eigenvalue weighted by Gasteiger charge is -2.17. The number of nitrogens with zero attached hydrogens (tertiary/aromatic N) is 3. The fourth-order valence-electron chi connectivity index (χ4n) is 3.24. The maximum atomic E-state index is 12.9. The van der Waals surface area contributed by atoms with Gasteiger partial charge in [0.15, 0.2) is 17.4 Å². The molecule has 1 aliphatic carbocycles. The molecule has 1 saturated carbocycles. The number of pyridine rings is 1. The number of anilines is 3. The third kappa shape index (κ3) is 5.26. The van der Waals surface area contributed by atoms with Crippen molar-refractivity contribution >= 4 is 40.9 Å². The molecular formula is C24H28N6O2. The highest BCUT2D eigenvalue weighted by Crippen LogP contribution is 2.37. The van der Waals surface area contributed by atoms with Crippen LogP contribution in [-0.4, -0.2) is 42.8 Å². The van der Waals surface area contributed by atoms with Crippen molar-refractivity contribution < 1.29 is 9.53 Å². The van der Waals surface area contributed by atoms with Crippen LogP contribution in [0.25, 0.3) is 0 Å². The van der Waals surface area contributed by atoms with E-state index in [0.717, 1.165) is 12.8 Å². The number of nitrogens with one attached hydrogen (secondary N) is 3. The SMILES string of the molecule is CC=NC(=N)c1cccc(Nc2cc(NC(/C=C\C)=NC)ncc2C(=O)C2CC2)c1OC. The monoisotopic (exact) mass is 432 g/mol. The summed E-state index contributed by atoms with van der Waals surface area (Å²) in [7, 11) is 3.24. The van der Waals surface area contributed by atoms with Gasteiger partial charge < -0.3 is 15.4 Å². The molecule has 166 valence electrons. The predicted molar refractivity (Wildman–Crippen MR) is 130 cm³/mol. The van der Waals surface area contributed by atoms with Crippen molar-refractivity contribution in [2.45, 2.75) is 26.7 Å². The van der Waals surface area contributed by atoms with Crippen LogP contribution in [0.3, 0.4) is 0 Å². The molecule has 0 amide bonds. The van der Waals surface area contributed by atoms with Crippen molar-refractivity contribution in [3.05, 3.63) is 53.7 Å². The van der Waals surface area contributed by atoms with Gasteiger partial charge in [0, 0.05) is 31.4 Å². The Morgan fingerprint density at radius 2 is 2.03 bits per heavy atom. The number of hydrogen-bond donors (Lipinski definition) is 3. The number of methoxy groups -OCH3 is 1. The Morgan fingerprint density at radius 1 is 1.25 bits per heavy atom. The molecule has 8 heteroatoms. The zero-order valence-corrected chi connectivity index (χ0v) is 18.8.